The third kappa shape index (κ3) is 1.22. The molecule has 0 N–H and O–H groups in total. The minimum atomic E-state index is -0.918. The van der Waals surface area contributed by atoms with Gasteiger partial charge >= 0.3 is 0 Å². The molecule has 4 unspecified atom stereocenters. The van der Waals surface area contributed by atoms with E-state index in [1.165, 1.54) is 18.7 Å². The number of carbonyl (C=O) groups excluding carboxylic acids is 3. The van der Waals surface area contributed by atoms with Crippen molar-refractivity contribution in [2.75, 3.05) is 5.75 Å². The lowest BCUT2D eigenvalue weighted by atomic mass is 10.2. The number of hydrogen-bond acceptors (Lipinski definition) is 4. The summed E-state index contributed by atoms with van der Waals surface area (Å²) in [5.41, 5.74) is 0. The van der Waals surface area contributed by atoms with E-state index in [1.54, 1.807) is 28.5 Å². The van der Waals surface area contributed by atoms with Crippen LogP contribution in [-0.4, -0.2) is 61.4 Å². The van der Waals surface area contributed by atoms with E-state index in [-0.39, 0.29) is 23.8 Å². The van der Waals surface area contributed by atoms with Crippen LogP contribution in [0.25, 0.3) is 0 Å². The van der Waals surface area contributed by atoms with E-state index in [9.17, 15) is 14.4 Å². The van der Waals surface area contributed by atoms with Crippen LogP contribution in [0.15, 0.2) is 0 Å². The molecule has 0 bridgehead atoms. The van der Waals surface area contributed by atoms with Crippen LogP contribution >= 0.6 is 11.8 Å². The van der Waals surface area contributed by atoms with Crippen LogP contribution in [0.5, 0.6) is 0 Å². The predicted octanol–water partition coefficient (Wildman–Crippen LogP) is 0.0429. The van der Waals surface area contributed by atoms with Gasteiger partial charge in [-0.15, -0.1) is 0 Å². The standard InChI is InChI=1S/C12H17N3O3S/c1-6-5-19-12-13(6)10(17)8(3)15(12)11(18)7(2)14(12)9(4)16/h6-8H,5H2,1-4H3. The van der Waals surface area contributed by atoms with Gasteiger partial charge in [-0.2, -0.15) is 0 Å². The number of thioether (sulfide) groups is 1. The molecule has 3 amide bonds. The Kier molecular flexibility index (Phi) is 2.46. The predicted molar refractivity (Wildman–Crippen MR) is 69.8 cm³/mol. The Hall–Kier alpha value is -1.24. The average molecular weight is 283 g/mol. The van der Waals surface area contributed by atoms with Crippen LogP contribution in [0.1, 0.15) is 27.7 Å². The summed E-state index contributed by atoms with van der Waals surface area (Å²) < 4.78 is 0. The Morgan fingerprint density at radius 3 is 2.32 bits per heavy atom. The molecule has 0 saturated carbocycles. The highest BCUT2D eigenvalue weighted by Gasteiger charge is 2.71. The second kappa shape index (κ2) is 3.65. The topological polar surface area (TPSA) is 60.9 Å². The average Bonchev–Trinajstić information content (AvgIpc) is 2.83. The van der Waals surface area contributed by atoms with E-state index < -0.39 is 17.2 Å². The summed E-state index contributed by atoms with van der Waals surface area (Å²) in [5, 5.41) is -0.918. The molecule has 6 nitrogen and oxygen atoms in total. The van der Waals surface area contributed by atoms with Crippen molar-refractivity contribution in [2.45, 2.75) is 50.9 Å². The summed E-state index contributed by atoms with van der Waals surface area (Å²) in [6, 6.07) is -0.965. The molecule has 0 aromatic heterocycles. The fourth-order valence-electron chi connectivity index (χ4n) is 3.45. The van der Waals surface area contributed by atoms with Gasteiger partial charge in [0, 0.05) is 18.7 Å². The molecule has 3 heterocycles. The van der Waals surface area contributed by atoms with E-state index in [1.807, 2.05) is 6.92 Å². The summed E-state index contributed by atoms with van der Waals surface area (Å²) in [7, 11) is 0. The minimum absolute atomic E-state index is 0.0323. The first-order valence-electron chi connectivity index (χ1n) is 6.44. The maximum absolute atomic E-state index is 12.4. The van der Waals surface area contributed by atoms with Gasteiger partial charge in [0.25, 0.3) is 5.12 Å². The molecule has 3 aliphatic rings. The highest BCUT2D eigenvalue weighted by Crippen LogP contribution is 2.54. The highest BCUT2D eigenvalue weighted by atomic mass is 32.2. The first-order valence-corrected chi connectivity index (χ1v) is 7.42. The first kappa shape index (κ1) is 12.8. The van der Waals surface area contributed by atoms with Crippen LogP contribution in [-0.2, 0) is 14.4 Å². The van der Waals surface area contributed by atoms with Crippen LogP contribution in [0.3, 0.4) is 0 Å². The number of amides is 3. The summed E-state index contributed by atoms with van der Waals surface area (Å²) in [5.74, 6) is 0.361. The number of hydrogen-bond donors (Lipinski definition) is 0. The minimum Gasteiger partial charge on any atom is -0.288 e. The molecule has 0 aliphatic carbocycles. The van der Waals surface area contributed by atoms with Crippen LogP contribution in [0.2, 0.25) is 0 Å². The van der Waals surface area contributed by atoms with E-state index in [0.717, 1.165) is 5.75 Å². The van der Waals surface area contributed by atoms with E-state index >= 15 is 0 Å². The lowest BCUT2D eigenvalue weighted by molar-refractivity contribution is -0.144. The molecule has 0 aromatic carbocycles. The first-order chi connectivity index (χ1) is 8.84. The molecule has 0 aromatic rings. The monoisotopic (exact) mass is 283 g/mol. The largest absolute Gasteiger partial charge is 0.288 e. The SMILES string of the molecule is CC(=O)N1C(C)C(=O)N2C(C)C(=O)N3C(C)CSC312. The zero-order chi connectivity index (χ0) is 14.1. The Balaban J connectivity index is 2.20. The molecule has 19 heavy (non-hydrogen) atoms. The molecular weight excluding hydrogens is 266 g/mol. The number of carbonyl (C=O) groups is 3. The molecule has 1 spiro atoms. The van der Waals surface area contributed by atoms with Gasteiger partial charge in [0.2, 0.25) is 17.7 Å². The summed E-state index contributed by atoms with van der Waals surface area (Å²) in [6.07, 6.45) is 0. The van der Waals surface area contributed by atoms with Crippen molar-refractivity contribution in [3.8, 4) is 0 Å². The molecule has 3 aliphatic heterocycles. The van der Waals surface area contributed by atoms with Gasteiger partial charge in [-0.3, -0.25) is 29.1 Å². The molecule has 3 fully saturated rings. The summed E-state index contributed by atoms with van der Waals surface area (Å²) in [4.78, 5) is 41.7. The third-order valence-corrected chi connectivity index (χ3v) is 5.83. The smallest absolute Gasteiger partial charge is 0.251 e. The van der Waals surface area contributed by atoms with Crippen LogP contribution in [0.4, 0.5) is 0 Å². The third-order valence-electron chi connectivity index (χ3n) is 4.20. The quantitative estimate of drug-likeness (QED) is 0.630. The molecule has 3 saturated heterocycles. The van der Waals surface area contributed by atoms with Gasteiger partial charge in [0.05, 0.1) is 0 Å². The molecule has 4 atom stereocenters. The zero-order valence-corrected chi connectivity index (χ0v) is 12.2. The molecule has 7 heteroatoms. The maximum atomic E-state index is 12.4. The Labute approximate surface area is 116 Å². The number of rotatable bonds is 0. The van der Waals surface area contributed by atoms with Crippen molar-refractivity contribution >= 4 is 29.5 Å². The van der Waals surface area contributed by atoms with Crippen molar-refractivity contribution in [1.29, 1.82) is 0 Å². The zero-order valence-electron chi connectivity index (χ0n) is 11.4. The van der Waals surface area contributed by atoms with Gasteiger partial charge in [-0.25, -0.2) is 0 Å². The second-order valence-electron chi connectivity index (χ2n) is 5.39. The molecule has 0 radical (unpaired) electrons. The summed E-state index contributed by atoms with van der Waals surface area (Å²) in [6.45, 7) is 6.89. The second-order valence-corrected chi connectivity index (χ2v) is 6.56. The Bertz CT molecular complexity index is 489. The van der Waals surface area contributed by atoms with Crippen molar-refractivity contribution < 1.29 is 14.4 Å². The highest BCUT2D eigenvalue weighted by molar-refractivity contribution is 8.00. The van der Waals surface area contributed by atoms with Gasteiger partial charge in [-0.1, -0.05) is 11.8 Å². The van der Waals surface area contributed by atoms with Crippen molar-refractivity contribution in [1.82, 2.24) is 14.7 Å². The Morgan fingerprint density at radius 1 is 1.16 bits per heavy atom. The Morgan fingerprint density at radius 2 is 1.74 bits per heavy atom. The van der Waals surface area contributed by atoms with Crippen LogP contribution < -0.4 is 0 Å². The fraction of sp³-hybridized carbons (Fsp3) is 0.750. The lowest BCUT2D eigenvalue weighted by Crippen LogP contribution is -2.58. The molecule has 3 rings (SSSR count). The van der Waals surface area contributed by atoms with Crippen molar-refractivity contribution in [3.05, 3.63) is 0 Å². The fourth-order valence-corrected chi connectivity index (χ4v) is 5.29. The summed E-state index contributed by atoms with van der Waals surface area (Å²) >= 11 is 1.51. The van der Waals surface area contributed by atoms with E-state index in [2.05, 4.69) is 0 Å². The van der Waals surface area contributed by atoms with E-state index in [0.29, 0.717) is 0 Å². The van der Waals surface area contributed by atoms with Gasteiger partial charge in [-0.05, 0) is 20.8 Å². The van der Waals surface area contributed by atoms with E-state index in [4.69, 9.17) is 0 Å². The van der Waals surface area contributed by atoms with Crippen LogP contribution in [0, 0.1) is 0 Å². The molecule has 104 valence electrons. The van der Waals surface area contributed by atoms with Gasteiger partial charge in [0.1, 0.15) is 12.1 Å². The lowest BCUT2D eigenvalue weighted by Gasteiger charge is -2.40. The van der Waals surface area contributed by atoms with Gasteiger partial charge < -0.3 is 0 Å². The van der Waals surface area contributed by atoms with Crippen molar-refractivity contribution in [2.24, 2.45) is 0 Å². The maximum Gasteiger partial charge on any atom is 0.251 e. The van der Waals surface area contributed by atoms with Crippen molar-refractivity contribution in [3.63, 3.8) is 0 Å². The normalized spacial score (nSPS) is 41.1. The number of nitrogens with zero attached hydrogens (tertiary/aromatic N) is 3. The van der Waals surface area contributed by atoms with Gasteiger partial charge in [0.15, 0.2) is 0 Å². The molecular formula is C12H17N3O3S.